The lowest BCUT2D eigenvalue weighted by Gasteiger charge is -2.26. The summed E-state index contributed by atoms with van der Waals surface area (Å²) < 4.78 is 36.3. The second-order valence-corrected chi connectivity index (χ2v) is 11.6. The summed E-state index contributed by atoms with van der Waals surface area (Å²) in [6.07, 6.45) is 10.9. The predicted molar refractivity (Wildman–Crippen MR) is 152 cm³/mol. The molecular weight excluding hydrogens is 530 g/mol. The van der Waals surface area contributed by atoms with Crippen LogP contribution >= 0.6 is 0 Å². The van der Waals surface area contributed by atoms with E-state index in [1.54, 1.807) is 33.9 Å². The molecule has 0 atom stereocenters. The highest BCUT2D eigenvalue weighted by molar-refractivity contribution is 7.89. The van der Waals surface area contributed by atoms with E-state index >= 15 is 0 Å². The van der Waals surface area contributed by atoms with Gasteiger partial charge in [0.1, 0.15) is 11.4 Å². The molecule has 208 valence electrons. The molecule has 0 saturated carbocycles. The summed E-state index contributed by atoms with van der Waals surface area (Å²) in [5.74, 6) is 1.06. The minimum atomic E-state index is -3.65. The minimum Gasteiger partial charge on any atom is -0.494 e. The van der Waals surface area contributed by atoms with Crippen LogP contribution in [0, 0.1) is 0 Å². The van der Waals surface area contributed by atoms with Crippen molar-refractivity contribution in [1.29, 1.82) is 0 Å². The first-order valence-corrected chi connectivity index (χ1v) is 14.7. The monoisotopic (exact) mass is 561 g/mol. The van der Waals surface area contributed by atoms with Gasteiger partial charge in [-0.25, -0.2) is 27.3 Å². The SMILES string of the molecule is CNS(=O)(=O)c1ccc(-n2nc(NCCN3CCCCC3)c3cnc(-c4cnn5cccnc45)cc32)c(OC)c1. The van der Waals surface area contributed by atoms with E-state index in [-0.39, 0.29) is 4.90 Å². The molecule has 1 fully saturated rings. The first-order chi connectivity index (χ1) is 19.5. The Bertz CT molecular complexity index is 1780. The summed E-state index contributed by atoms with van der Waals surface area (Å²) in [5.41, 5.74) is 3.55. The van der Waals surface area contributed by atoms with Gasteiger partial charge < -0.3 is 15.0 Å². The smallest absolute Gasteiger partial charge is 0.240 e. The van der Waals surface area contributed by atoms with Crippen LogP contribution < -0.4 is 14.8 Å². The van der Waals surface area contributed by atoms with Crippen molar-refractivity contribution in [3.63, 3.8) is 0 Å². The molecule has 5 heterocycles. The largest absolute Gasteiger partial charge is 0.494 e. The van der Waals surface area contributed by atoms with Crippen molar-refractivity contribution in [3.05, 3.63) is 55.1 Å². The Kier molecular flexibility index (Phi) is 7.09. The van der Waals surface area contributed by atoms with Gasteiger partial charge in [-0.05, 0) is 57.2 Å². The summed E-state index contributed by atoms with van der Waals surface area (Å²) >= 11 is 0. The van der Waals surface area contributed by atoms with Crippen LogP contribution in [-0.4, -0.2) is 83.0 Å². The van der Waals surface area contributed by atoms with Crippen LogP contribution in [0.1, 0.15) is 19.3 Å². The average Bonchev–Trinajstić information content (AvgIpc) is 3.59. The maximum atomic E-state index is 12.4. The number of hydrogen-bond acceptors (Lipinski definition) is 9. The second kappa shape index (κ2) is 10.8. The molecule has 1 saturated heterocycles. The van der Waals surface area contributed by atoms with Crippen LogP contribution in [0.25, 0.3) is 33.5 Å². The zero-order valence-corrected chi connectivity index (χ0v) is 23.2. The van der Waals surface area contributed by atoms with Gasteiger partial charge in [-0.3, -0.25) is 4.98 Å². The Morgan fingerprint density at radius 3 is 2.73 bits per heavy atom. The van der Waals surface area contributed by atoms with Crippen LogP contribution in [0.3, 0.4) is 0 Å². The Morgan fingerprint density at radius 2 is 1.93 bits per heavy atom. The van der Waals surface area contributed by atoms with Gasteiger partial charge in [-0.2, -0.15) is 5.10 Å². The highest BCUT2D eigenvalue weighted by Gasteiger charge is 2.21. The molecule has 6 rings (SSSR count). The van der Waals surface area contributed by atoms with Crippen molar-refractivity contribution in [2.45, 2.75) is 24.2 Å². The lowest BCUT2D eigenvalue weighted by molar-refractivity contribution is 0.237. The summed E-state index contributed by atoms with van der Waals surface area (Å²) in [4.78, 5) is 11.8. The number of aromatic nitrogens is 6. The number of rotatable bonds is 9. The first-order valence-electron chi connectivity index (χ1n) is 13.2. The van der Waals surface area contributed by atoms with Crippen molar-refractivity contribution in [1.82, 2.24) is 39.0 Å². The fraction of sp³-hybridized carbons (Fsp3) is 0.333. The number of likely N-dealkylation sites (tertiary alicyclic amines) is 1. The standard InChI is InChI=1S/C27H31N9O3S/c1-28-40(37,38)19-7-8-23(25(15-19)39-2)36-24-16-22(20-18-32-35-13-6-9-30-27(20)35)31-17-21(24)26(33-36)29-10-14-34-11-4-3-5-12-34/h6-9,13,15-18,28H,3-5,10-12,14H2,1-2H3,(H,29,33). The van der Waals surface area contributed by atoms with Gasteiger partial charge in [0.05, 0.1) is 40.4 Å². The number of anilines is 1. The number of nitrogens with zero attached hydrogens (tertiary/aromatic N) is 7. The van der Waals surface area contributed by atoms with Crippen LogP contribution in [0.2, 0.25) is 0 Å². The topological polar surface area (TPSA) is 132 Å². The molecule has 0 amide bonds. The molecule has 1 aliphatic heterocycles. The summed E-state index contributed by atoms with van der Waals surface area (Å²) in [7, 11) is -0.763. The van der Waals surface area contributed by atoms with E-state index in [9.17, 15) is 8.42 Å². The summed E-state index contributed by atoms with van der Waals surface area (Å²) in [6.45, 7) is 3.90. The number of sulfonamides is 1. The predicted octanol–water partition coefficient (Wildman–Crippen LogP) is 2.94. The molecule has 0 aliphatic carbocycles. The van der Waals surface area contributed by atoms with Gasteiger partial charge in [0.15, 0.2) is 11.5 Å². The van der Waals surface area contributed by atoms with Crippen molar-refractivity contribution in [3.8, 4) is 22.7 Å². The van der Waals surface area contributed by atoms with Gasteiger partial charge in [-0.1, -0.05) is 6.42 Å². The number of fused-ring (bicyclic) bond motifs is 2. The van der Waals surface area contributed by atoms with E-state index in [1.807, 2.05) is 18.3 Å². The van der Waals surface area contributed by atoms with Crippen LogP contribution in [-0.2, 0) is 10.0 Å². The third-order valence-electron chi connectivity index (χ3n) is 7.25. The summed E-state index contributed by atoms with van der Waals surface area (Å²) in [5, 5.41) is 13.7. The van der Waals surface area contributed by atoms with Gasteiger partial charge >= 0.3 is 0 Å². The molecule has 0 bridgehead atoms. The molecule has 2 N–H and O–H groups in total. The van der Waals surface area contributed by atoms with E-state index < -0.39 is 10.0 Å². The van der Waals surface area contributed by atoms with Crippen molar-refractivity contribution in [2.75, 3.05) is 45.7 Å². The third kappa shape index (κ3) is 4.87. The normalized spacial score (nSPS) is 14.7. The van der Waals surface area contributed by atoms with E-state index in [2.05, 4.69) is 25.0 Å². The number of ether oxygens (including phenoxy) is 1. The molecule has 1 aliphatic rings. The second-order valence-electron chi connectivity index (χ2n) is 9.66. The molecule has 5 aromatic rings. The zero-order chi connectivity index (χ0) is 27.7. The van der Waals surface area contributed by atoms with E-state index in [4.69, 9.17) is 14.8 Å². The Balaban J connectivity index is 1.44. The van der Waals surface area contributed by atoms with Crippen LogP contribution in [0.4, 0.5) is 5.82 Å². The number of hydrogen-bond donors (Lipinski definition) is 2. The summed E-state index contributed by atoms with van der Waals surface area (Å²) in [6, 6.07) is 8.50. The number of methoxy groups -OCH3 is 1. The van der Waals surface area contributed by atoms with Crippen molar-refractivity contribution < 1.29 is 13.2 Å². The fourth-order valence-corrected chi connectivity index (χ4v) is 5.86. The molecule has 40 heavy (non-hydrogen) atoms. The van der Waals surface area contributed by atoms with Gasteiger partial charge in [-0.15, -0.1) is 5.10 Å². The number of pyridine rings is 1. The molecule has 13 heteroatoms. The van der Waals surface area contributed by atoms with Crippen molar-refractivity contribution >= 4 is 32.4 Å². The van der Waals surface area contributed by atoms with Crippen LogP contribution in [0.15, 0.2) is 60.0 Å². The Labute approximate surface area is 232 Å². The lowest BCUT2D eigenvalue weighted by Crippen LogP contribution is -2.33. The van der Waals surface area contributed by atoms with Gasteiger partial charge in [0.25, 0.3) is 0 Å². The van der Waals surface area contributed by atoms with Gasteiger partial charge in [0.2, 0.25) is 10.0 Å². The Morgan fingerprint density at radius 1 is 1.07 bits per heavy atom. The molecule has 1 aromatic carbocycles. The quantitative estimate of drug-likeness (QED) is 0.279. The van der Waals surface area contributed by atoms with Gasteiger partial charge in [0, 0.05) is 37.7 Å². The molecule has 0 unspecified atom stereocenters. The van der Waals surface area contributed by atoms with E-state index in [0.29, 0.717) is 28.6 Å². The maximum absolute atomic E-state index is 12.4. The molecule has 12 nitrogen and oxygen atoms in total. The maximum Gasteiger partial charge on any atom is 0.240 e. The van der Waals surface area contributed by atoms with Crippen molar-refractivity contribution in [2.24, 2.45) is 0 Å². The molecule has 0 spiro atoms. The number of piperidine rings is 1. The molecule has 0 radical (unpaired) electrons. The van der Waals surface area contributed by atoms with Crippen LogP contribution in [0.5, 0.6) is 5.75 Å². The first kappa shape index (κ1) is 26.2. The van der Waals surface area contributed by atoms with E-state index in [0.717, 1.165) is 42.6 Å². The number of benzene rings is 1. The third-order valence-corrected chi connectivity index (χ3v) is 8.66. The average molecular weight is 562 g/mol. The minimum absolute atomic E-state index is 0.103. The Hall–Kier alpha value is -4.07. The lowest BCUT2D eigenvalue weighted by atomic mass is 10.1. The highest BCUT2D eigenvalue weighted by Crippen LogP contribution is 2.34. The number of nitrogens with one attached hydrogen (secondary N) is 2. The highest BCUT2D eigenvalue weighted by atomic mass is 32.2. The zero-order valence-electron chi connectivity index (χ0n) is 22.4. The molecule has 4 aromatic heterocycles. The fourth-order valence-electron chi connectivity index (χ4n) is 5.11. The van der Waals surface area contributed by atoms with E-state index in [1.165, 1.54) is 45.6 Å². The molecular formula is C27H31N9O3S.